The third-order valence-corrected chi connectivity index (χ3v) is 5.30. The SMILES string of the molecule is C=C(C(C#N)=Cc1ccc(C)cc1)N(Cc1ccc(Cl)cc1Cl)c1ccccc1N. The Hall–Kier alpha value is -3.19. The second-order valence-electron chi connectivity index (χ2n) is 6.91. The molecule has 0 amide bonds. The van der Waals surface area contributed by atoms with Crippen molar-refractivity contribution < 1.29 is 0 Å². The zero-order chi connectivity index (χ0) is 21.7. The molecule has 0 aliphatic carbocycles. The van der Waals surface area contributed by atoms with Gasteiger partial charge >= 0.3 is 0 Å². The summed E-state index contributed by atoms with van der Waals surface area (Å²) in [7, 11) is 0. The molecule has 3 rings (SSSR count). The van der Waals surface area contributed by atoms with Crippen molar-refractivity contribution in [2.75, 3.05) is 10.6 Å². The number of nitrogens with two attached hydrogens (primary N) is 1. The number of nitrogen functional groups attached to an aromatic ring is 1. The number of benzene rings is 3. The van der Waals surface area contributed by atoms with Crippen LogP contribution in [0.1, 0.15) is 16.7 Å². The Morgan fingerprint density at radius 3 is 2.43 bits per heavy atom. The Bertz CT molecular complexity index is 1140. The molecular formula is C25H21Cl2N3. The number of hydrogen-bond acceptors (Lipinski definition) is 3. The van der Waals surface area contributed by atoms with E-state index in [2.05, 4.69) is 12.6 Å². The van der Waals surface area contributed by atoms with Gasteiger partial charge in [0.15, 0.2) is 0 Å². The standard InChI is InChI=1S/C25H21Cl2N3/c1-17-7-9-19(10-8-17)13-21(15-28)18(2)30(25-6-4-3-5-24(25)29)16-20-11-12-22(26)14-23(20)27/h3-14H,2,16,29H2,1H3. The fourth-order valence-electron chi connectivity index (χ4n) is 3.03. The molecule has 0 aliphatic rings. The number of allylic oxidation sites excluding steroid dienone is 1. The van der Waals surface area contributed by atoms with Gasteiger partial charge in [-0.05, 0) is 48.4 Å². The molecule has 0 fully saturated rings. The smallest absolute Gasteiger partial charge is 0.101 e. The van der Waals surface area contributed by atoms with E-state index < -0.39 is 0 Å². The van der Waals surface area contributed by atoms with Crippen molar-refractivity contribution in [1.82, 2.24) is 0 Å². The van der Waals surface area contributed by atoms with Crippen molar-refractivity contribution in [3.63, 3.8) is 0 Å². The molecule has 2 N–H and O–H groups in total. The van der Waals surface area contributed by atoms with E-state index in [1.807, 2.05) is 72.5 Å². The van der Waals surface area contributed by atoms with Crippen LogP contribution < -0.4 is 10.6 Å². The molecule has 0 unspecified atom stereocenters. The number of halogens is 2. The summed E-state index contributed by atoms with van der Waals surface area (Å²) in [4.78, 5) is 1.90. The van der Waals surface area contributed by atoms with Crippen molar-refractivity contribution in [2.45, 2.75) is 13.5 Å². The molecule has 0 saturated carbocycles. The number of para-hydroxylation sites is 2. The summed E-state index contributed by atoms with van der Waals surface area (Å²) in [6, 6.07) is 23.0. The quantitative estimate of drug-likeness (QED) is 0.258. The highest BCUT2D eigenvalue weighted by molar-refractivity contribution is 6.35. The Kier molecular flexibility index (Phi) is 6.84. The van der Waals surface area contributed by atoms with E-state index in [1.54, 1.807) is 12.1 Å². The van der Waals surface area contributed by atoms with Crippen molar-refractivity contribution >= 4 is 40.7 Å². The third-order valence-electron chi connectivity index (χ3n) is 4.72. The zero-order valence-electron chi connectivity index (χ0n) is 16.6. The van der Waals surface area contributed by atoms with Gasteiger partial charge in [-0.3, -0.25) is 0 Å². The fraction of sp³-hybridized carbons (Fsp3) is 0.0800. The molecule has 0 saturated heterocycles. The average Bonchev–Trinajstić information content (AvgIpc) is 2.73. The minimum absolute atomic E-state index is 0.385. The van der Waals surface area contributed by atoms with Gasteiger partial charge in [0.05, 0.1) is 22.6 Å². The number of rotatable bonds is 6. The molecule has 30 heavy (non-hydrogen) atoms. The summed E-state index contributed by atoms with van der Waals surface area (Å²) in [5.74, 6) is 0. The Balaban J connectivity index is 2.04. The molecule has 0 atom stereocenters. The van der Waals surface area contributed by atoms with Crippen LogP contribution in [-0.4, -0.2) is 0 Å². The molecule has 5 heteroatoms. The predicted molar refractivity (Wildman–Crippen MR) is 127 cm³/mol. The number of hydrogen-bond donors (Lipinski definition) is 1. The first-order chi connectivity index (χ1) is 14.4. The Morgan fingerprint density at radius 1 is 1.10 bits per heavy atom. The van der Waals surface area contributed by atoms with Crippen LogP contribution in [0.3, 0.4) is 0 Å². The maximum atomic E-state index is 9.85. The lowest BCUT2D eigenvalue weighted by Gasteiger charge is -2.28. The molecule has 0 radical (unpaired) electrons. The highest BCUT2D eigenvalue weighted by Crippen LogP contribution is 2.32. The minimum atomic E-state index is 0.385. The summed E-state index contributed by atoms with van der Waals surface area (Å²) in [6.45, 7) is 6.62. The average molecular weight is 434 g/mol. The van der Waals surface area contributed by atoms with Gasteiger partial charge < -0.3 is 10.6 Å². The van der Waals surface area contributed by atoms with Crippen molar-refractivity contribution in [3.05, 3.63) is 111 Å². The number of aryl methyl sites for hydroxylation is 1. The summed E-state index contributed by atoms with van der Waals surface area (Å²) < 4.78 is 0. The van der Waals surface area contributed by atoms with E-state index in [0.29, 0.717) is 33.5 Å². The molecule has 0 spiro atoms. The predicted octanol–water partition coefficient (Wildman–Crippen LogP) is 7.01. The molecule has 3 aromatic rings. The van der Waals surface area contributed by atoms with E-state index in [9.17, 15) is 5.26 Å². The van der Waals surface area contributed by atoms with Gasteiger partial charge in [0.2, 0.25) is 0 Å². The molecule has 0 bridgehead atoms. The van der Waals surface area contributed by atoms with Crippen LogP contribution in [0.25, 0.3) is 6.08 Å². The molecule has 0 aromatic heterocycles. The first-order valence-corrected chi connectivity index (χ1v) is 10.1. The van der Waals surface area contributed by atoms with Crippen LogP contribution in [0.15, 0.2) is 84.6 Å². The number of anilines is 2. The minimum Gasteiger partial charge on any atom is -0.397 e. The third kappa shape index (κ3) is 5.04. The van der Waals surface area contributed by atoms with E-state index in [1.165, 1.54) is 0 Å². The summed E-state index contributed by atoms with van der Waals surface area (Å²) >= 11 is 12.5. The second kappa shape index (κ2) is 9.54. The van der Waals surface area contributed by atoms with Crippen molar-refractivity contribution in [2.24, 2.45) is 0 Å². The van der Waals surface area contributed by atoms with Gasteiger partial charge in [-0.2, -0.15) is 5.26 Å². The summed E-state index contributed by atoms with van der Waals surface area (Å²) in [5, 5.41) is 11.0. The first kappa shape index (κ1) is 21.5. The van der Waals surface area contributed by atoms with Crippen molar-refractivity contribution in [1.29, 1.82) is 5.26 Å². The maximum Gasteiger partial charge on any atom is 0.101 e. The van der Waals surface area contributed by atoms with E-state index >= 15 is 0 Å². The lowest BCUT2D eigenvalue weighted by Crippen LogP contribution is -2.23. The second-order valence-corrected chi connectivity index (χ2v) is 7.75. The highest BCUT2D eigenvalue weighted by atomic mass is 35.5. The van der Waals surface area contributed by atoms with Crippen LogP contribution in [0.5, 0.6) is 0 Å². The summed E-state index contributed by atoms with van der Waals surface area (Å²) in [5.41, 5.74) is 11.5. The van der Waals surface area contributed by atoms with E-state index in [0.717, 1.165) is 22.4 Å². The number of nitriles is 1. The first-order valence-electron chi connectivity index (χ1n) is 9.32. The molecule has 0 heterocycles. The molecular weight excluding hydrogens is 413 g/mol. The lowest BCUT2D eigenvalue weighted by atomic mass is 10.1. The maximum absolute atomic E-state index is 9.85. The van der Waals surface area contributed by atoms with Crippen LogP contribution in [0.4, 0.5) is 11.4 Å². The Labute approximate surface area is 187 Å². The zero-order valence-corrected chi connectivity index (χ0v) is 18.1. The topological polar surface area (TPSA) is 53.0 Å². The van der Waals surface area contributed by atoms with Crippen LogP contribution in [0.2, 0.25) is 10.0 Å². The molecule has 150 valence electrons. The van der Waals surface area contributed by atoms with Gasteiger partial charge in [-0.15, -0.1) is 0 Å². The molecule has 3 aromatic carbocycles. The van der Waals surface area contributed by atoms with Gasteiger partial charge in [0.25, 0.3) is 0 Å². The highest BCUT2D eigenvalue weighted by Gasteiger charge is 2.18. The van der Waals surface area contributed by atoms with Gasteiger partial charge in [0, 0.05) is 16.6 Å². The van der Waals surface area contributed by atoms with Crippen molar-refractivity contribution in [3.8, 4) is 6.07 Å². The number of nitrogens with zero attached hydrogens (tertiary/aromatic N) is 2. The largest absolute Gasteiger partial charge is 0.397 e. The Morgan fingerprint density at radius 2 is 1.80 bits per heavy atom. The van der Waals surface area contributed by atoms with Gasteiger partial charge in [-0.1, -0.05) is 77.8 Å². The van der Waals surface area contributed by atoms with E-state index in [4.69, 9.17) is 28.9 Å². The molecule has 0 aliphatic heterocycles. The monoisotopic (exact) mass is 433 g/mol. The molecule has 3 nitrogen and oxygen atoms in total. The van der Waals surface area contributed by atoms with Crippen LogP contribution >= 0.6 is 23.2 Å². The van der Waals surface area contributed by atoms with Crippen LogP contribution in [-0.2, 0) is 6.54 Å². The summed E-state index contributed by atoms with van der Waals surface area (Å²) in [6.07, 6.45) is 1.82. The fourth-order valence-corrected chi connectivity index (χ4v) is 3.50. The van der Waals surface area contributed by atoms with E-state index in [-0.39, 0.29) is 0 Å². The van der Waals surface area contributed by atoms with Gasteiger partial charge in [0.1, 0.15) is 6.07 Å². The normalized spacial score (nSPS) is 11.1. The van der Waals surface area contributed by atoms with Gasteiger partial charge in [-0.25, -0.2) is 0 Å². The van der Waals surface area contributed by atoms with Crippen LogP contribution in [0, 0.1) is 18.3 Å². The lowest BCUT2D eigenvalue weighted by molar-refractivity contribution is 0.932.